The number of aromatic amines is 1. The van der Waals surface area contributed by atoms with Gasteiger partial charge < -0.3 is 9.72 Å². The lowest BCUT2D eigenvalue weighted by Crippen LogP contribution is -2.36. The molecule has 3 heterocycles. The number of ether oxygens (including phenoxy) is 1. The molecule has 1 aliphatic rings. The number of aromatic nitrogens is 5. The fourth-order valence-electron chi connectivity index (χ4n) is 2.33. The average Bonchev–Trinajstić information content (AvgIpc) is 2.89. The number of rotatable bonds is 4. The van der Waals surface area contributed by atoms with Crippen LogP contribution in [0.5, 0.6) is 0 Å². The number of H-pyrrole nitrogens is 1. The molecule has 2 aromatic rings. The van der Waals surface area contributed by atoms with Gasteiger partial charge in [-0.2, -0.15) is 14.3 Å². The molecule has 0 saturated carbocycles. The summed E-state index contributed by atoms with van der Waals surface area (Å²) in [7, 11) is 0. The molecule has 3 rings (SSSR count). The summed E-state index contributed by atoms with van der Waals surface area (Å²) in [5.74, 6) is -0.417. The molecule has 132 valence electrons. The van der Waals surface area contributed by atoms with E-state index in [1.54, 1.807) is 13.8 Å². The Hall–Kier alpha value is -2.69. The number of hydrogen-bond acceptors (Lipinski definition) is 8. The van der Waals surface area contributed by atoms with Crippen LogP contribution in [0.2, 0.25) is 0 Å². The topological polar surface area (TPSA) is 124 Å². The minimum absolute atomic E-state index is 0.0121. The van der Waals surface area contributed by atoms with Crippen LogP contribution < -0.4 is 11.2 Å². The molecule has 1 N–H and O–H groups in total. The van der Waals surface area contributed by atoms with Crippen LogP contribution in [0.25, 0.3) is 5.95 Å². The normalized spacial score (nSPS) is 16.3. The molecule has 1 aliphatic heterocycles. The van der Waals surface area contributed by atoms with Gasteiger partial charge in [0.05, 0.1) is 24.0 Å². The predicted molar refractivity (Wildman–Crippen MR) is 90.4 cm³/mol. The summed E-state index contributed by atoms with van der Waals surface area (Å²) < 4.78 is 7.10. The number of carbonyl (C=O) groups is 1. The zero-order chi connectivity index (χ0) is 18.1. The first-order valence-electron chi connectivity index (χ1n) is 7.59. The van der Waals surface area contributed by atoms with Gasteiger partial charge in [0.25, 0.3) is 11.5 Å². The fraction of sp³-hybridized carbons (Fsp3) is 0.429. The van der Waals surface area contributed by atoms with E-state index < -0.39 is 17.2 Å². The first-order chi connectivity index (χ1) is 11.9. The van der Waals surface area contributed by atoms with Gasteiger partial charge in [-0.25, -0.2) is 4.79 Å². The second-order valence-corrected chi connectivity index (χ2v) is 6.67. The number of nitrogens with zero attached hydrogens (tertiary/aromatic N) is 5. The Kier molecular flexibility index (Phi) is 4.57. The molecular formula is C14H16N6O4S. The van der Waals surface area contributed by atoms with Crippen LogP contribution in [-0.4, -0.2) is 48.0 Å². The van der Waals surface area contributed by atoms with E-state index in [0.29, 0.717) is 16.6 Å². The van der Waals surface area contributed by atoms with Crippen LogP contribution in [-0.2, 0) is 9.53 Å². The van der Waals surface area contributed by atoms with Crippen molar-refractivity contribution in [2.24, 2.45) is 5.10 Å². The molecule has 0 saturated heterocycles. The average molecular weight is 364 g/mol. The Morgan fingerprint density at radius 1 is 1.40 bits per heavy atom. The second kappa shape index (κ2) is 6.67. The number of aryl methyl sites for hydroxylation is 1. The highest BCUT2D eigenvalue weighted by molar-refractivity contribution is 8.00. The number of fused-ring (bicyclic) bond motifs is 1. The molecule has 2 aromatic heterocycles. The van der Waals surface area contributed by atoms with E-state index in [1.807, 2.05) is 6.92 Å². The summed E-state index contributed by atoms with van der Waals surface area (Å²) in [4.78, 5) is 38.6. The number of carbonyl (C=O) groups excluding carboxylic acids is 1. The van der Waals surface area contributed by atoms with Crippen LogP contribution >= 0.6 is 11.8 Å². The predicted octanol–water partition coefficient (Wildman–Crippen LogP) is 0.0772. The molecule has 1 atom stereocenters. The fourth-order valence-corrected chi connectivity index (χ4v) is 3.23. The van der Waals surface area contributed by atoms with Gasteiger partial charge in [-0.3, -0.25) is 9.59 Å². The van der Waals surface area contributed by atoms with Crippen molar-refractivity contribution in [3.8, 4) is 5.95 Å². The van der Waals surface area contributed by atoms with Crippen molar-refractivity contribution >= 4 is 23.4 Å². The number of thioether (sulfide) groups is 1. The second-order valence-electron chi connectivity index (χ2n) is 5.36. The van der Waals surface area contributed by atoms with E-state index in [1.165, 1.54) is 22.5 Å². The molecule has 11 heteroatoms. The summed E-state index contributed by atoms with van der Waals surface area (Å²) >= 11 is 1.33. The summed E-state index contributed by atoms with van der Waals surface area (Å²) in [6, 6.07) is 1.28. The van der Waals surface area contributed by atoms with E-state index >= 15 is 0 Å². The highest BCUT2D eigenvalue weighted by atomic mass is 32.2. The summed E-state index contributed by atoms with van der Waals surface area (Å²) in [6.45, 7) is 5.50. The zero-order valence-electron chi connectivity index (χ0n) is 13.8. The molecule has 25 heavy (non-hydrogen) atoms. The van der Waals surface area contributed by atoms with Gasteiger partial charge in [-0.1, -0.05) is 11.8 Å². The van der Waals surface area contributed by atoms with Crippen LogP contribution in [0.3, 0.4) is 0 Å². The number of nitrogens with one attached hydrogen (secondary N) is 1. The van der Waals surface area contributed by atoms with E-state index in [2.05, 4.69) is 20.3 Å². The minimum atomic E-state index is -0.633. The van der Waals surface area contributed by atoms with E-state index in [-0.39, 0.29) is 24.2 Å². The first-order valence-corrected chi connectivity index (χ1v) is 8.47. The van der Waals surface area contributed by atoms with Crippen LogP contribution in [0.15, 0.2) is 25.9 Å². The van der Waals surface area contributed by atoms with E-state index in [9.17, 15) is 14.4 Å². The van der Waals surface area contributed by atoms with Crippen molar-refractivity contribution in [1.82, 2.24) is 24.4 Å². The number of hydrogen-bond donors (Lipinski definition) is 1. The van der Waals surface area contributed by atoms with Crippen molar-refractivity contribution < 1.29 is 9.53 Å². The van der Waals surface area contributed by atoms with Gasteiger partial charge in [-0.05, 0) is 20.8 Å². The van der Waals surface area contributed by atoms with Gasteiger partial charge in [0.15, 0.2) is 0 Å². The maximum atomic E-state index is 12.2. The lowest BCUT2D eigenvalue weighted by atomic mass is 10.2. The van der Waals surface area contributed by atoms with Crippen LogP contribution in [0, 0.1) is 6.92 Å². The van der Waals surface area contributed by atoms with Gasteiger partial charge in [0.1, 0.15) is 0 Å². The zero-order valence-corrected chi connectivity index (χ0v) is 14.7. The number of esters is 1. The molecule has 0 amide bonds. The lowest BCUT2D eigenvalue weighted by molar-refractivity contribution is -0.141. The van der Waals surface area contributed by atoms with E-state index in [4.69, 9.17) is 4.74 Å². The first kappa shape index (κ1) is 17.1. The van der Waals surface area contributed by atoms with Gasteiger partial charge in [0, 0.05) is 11.8 Å². The molecule has 0 spiro atoms. The van der Waals surface area contributed by atoms with Gasteiger partial charge in [-0.15, -0.1) is 10.2 Å². The molecular weight excluding hydrogens is 348 g/mol. The van der Waals surface area contributed by atoms with Crippen LogP contribution in [0.4, 0.5) is 0 Å². The molecule has 0 aliphatic carbocycles. The highest BCUT2D eigenvalue weighted by Crippen LogP contribution is 2.29. The third-order valence-electron chi connectivity index (χ3n) is 3.47. The Morgan fingerprint density at radius 3 is 2.84 bits per heavy atom. The summed E-state index contributed by atoms with van der Waals surface area (Å²) in [6.07, 6.45) is 0.0121. The quantitative estimate of drug-likeness (QED) is 0.762. The van der Waals surface area contributed by atoms with Gasteiger partial charge in [0.2, 0.25) is 5.16 Å². The van der Waals surface area contributed by atoms with Crippen molar-refractivity contribution in [3.63, 3.8) is 0 Å². The maximum absolute atomic E-state index is 12.2. The van der Waals surface area contributed by atoms with Crippen molar-refractivity contribution in [1.29, 1.82) is 0 Å². The van der Waals surface area contributed by atoms with Crippen molar-refractivity contribution in [2.75, 3.05) is 6.61 Å². The highest BCUT2D eigenvalue weighted by Gasteiger charge is 2.28. The third kappa shape index (κ3) is 3.27. The van der Waals surface area contributed by atoms with Crippen molar-refractivity contribution in [3.05, 3.63) is 32.6 Å². The third-order valence-corrected chi connectivity index (χ3v) is 4.56. The molecule has 10 nitrogen and oxygen atoms in total. The van der Waals surface area contributed by atoms with Gasteiger partial charge >= 0.3 is 11.7 Å². The Bertz CT molecular complexity index is 941. The molecule has 1 unspecified atom stereocenters. The molecule has 0 bridgehead atoms. The Morgan fingerprint density at radius 2 is 2.16 bits per heavy atom. The Balaban J connectivity index is 2.07. The largest absolute Gasteiger partial charge is 0.466 e. The Labute approximate surface area is 145 Å². The molecule has 0 fully saturated rings. The SMILES string of the molecule is CCOC(=O)CC1=Nn2c(nnc2-n2c(=O)cc(C)[nH]c2=O)SC1C. The van der Waals surface area contributed by atoms with Crippen LogP contribution in [0.1, 0.15) is 26.0 Å². The summed E-state index contributed by atoms with van der Waals surface area (Å²) in [5.41, 5.74) is -0.180. The standard InChI is InChI=1S/C14H16N6O4S/c1-4-24-11(22)6-9-8(3)25-14-17-16-12(20(14)18-9)19-10(21)5-7(2)15-13(19)23/h5,8H,4,6H2,1-3H3,(H,15,23). The molecule has 0 aromatic carbocycles. The minimum Gasteiger partial charge on any atom is -0.466 e. The summed E-state index contributed by atoms with van der Waals surface area (Å²) in [5, 5.41) is 12.6. The lowest BCUT2D eigenvalue weighted by Gasteiger charge is -2.19. The maximum Gasteiger partial charge on any atom is 0.335 e. The molecule has 0 radical (unpaired) electrons. The monoisotopic (exact) mass is 364 g/mol. The van der Waals surface area contributed by atoms with E-state index in [0.717, 1.165) is 4.57 Å². The smallest absolute Gasteiger partial charge is 0.335 e. The van der Waals surface area contributed by atoms with Crippen molar-refractivity contribution in [2.45, 2.75) is 37.6 Å².